The molecular formula is C59H103NO5. The lowest BCUT2D eigenvalue weighted by Gasteiger charge is -2.24. The SMILES string of the molecule is CC\C=C/C=C/C=C/C=C\C=C\C=C\CCCC(CC(=O)NC(CO)C(O)CCCCCCCCCCCCCCC)OC(=O)CCCCCCC/C=C/CCCCCCCCCCC. The van der Waals surface area contributed by atoms with E-state index < -0.39 is 18.2 Å². The minimum absolute atomic E-state index is 0.0202. The van der Waals surface area contributed by atoms with Crippen molar-refractivity contribution in [2.45, 2.75) is 270 Å². The summed E-state index contributed by atoms with van der Waals surface area (Å²) in [6.07, 6.45) is 67.9. The number of allylic oxidation sites excluding steroid dienone is 14. The van der Waals surface area contributed by atoms with Crippen LogP contribution < -0.4 is 5.32 Å². The molecule has 65 heavy (non-hydrogen) atoms. The Morgan fingerprint density at radius 1 is 0.462 bits per heavy atom. The Morgan fingerprint density at radius 3 is 1.32 bits per heavy atom. The number of hydrogen-bond acceptors (Lipinski definition) is 5. The van der Waals surface area contributed by atoms with Crippen LogP contribution in [0.3, 0.4) is 0 Å². The predicted octanol–water partition coefficient (Wildman–Crippen LogP) is 16.7. The zero-order valence-electron chi connectivity index (χ0n) is 42.6. The van der Waals surface area contributed by atoms with Crippen molar-refractivity contribution in [3.8, 4) is 0 Å². The first-order valence-electron chi connectivity index (χ1n) is 27.4. The maximum Gasteiger partial charge on any atom is 0.306 e. The summed E-state index contributed by atoms with van der Waals surface area (Å²) in [6.45, 7) is 6.32. The third-order valence-corrected chi connectivity index (χ3v) is 12.1. The van der Waals surface area contributed by atoms with Crippen molar-refractivity contribution < 1.29 is 24.5 Å². The van der Waals surface area contributed by atoms with Gasteiger partial charge in [0.15, 0.2) is 0 Å². The van der Waals surface area contributed by atoms with Gasteiger partial charge in [-0.25, -0.2) is 0 Å². The molecule has 0 rings (SSSR count). The Kier molecular flexibility index (Phi) is 49.6. The van der Waals surface area contributed by atoms with Gasteiger partial charge in [-0.2, -0.15) is 0 Å². The topological polar surface area (TPSA) is 95.9 Å². The van der Waals surface area contributed by atoms with Crippen LogP contribution in [0.15, 0.2) is 85.1 Å². The summed E-state index contributed by atoms with van der Waals surface area (Å²) in [5.41, 5.74) is 0. The Morgan fingerprint density at radius 2 is 0.862 bits per heavy atom. The number of carbonyl (C=O) groups is 2. The molecule has 0 aromatic rings. The van der Waals surface area contributed by atoms with Crippen molar-refractivity contribution in [3.05, 3.63) is 85.1 Å². The van der Waals surface area contributed by atoms with Gasteiger partial charge in [-0.1, -0.05) is 260 Å². The van der Waals surface area contributed by atoms with Crippen molar-refractivity contribution in [1.82, 2.24) is 5.32 Å². The molecule has 0 aliphatic carbocycles. The van der Waals surface area contributed by atoms with Gasteiger partial charge in [0.25, 0.3) is 0 Å². The van der Waals surface area contributed by atoms with Gasteiger partial charge >= 0.3 is 5.97 Å². The van der Waals surface area contributed by atoms with Gasteiger partial charge in [0.1, 0.15) is 6.10 Å². The summed E-state index contributed by atoms with van der Waals surface area (Å²) in [4.78, 5) is 26.2. The molecular weight excluding hydrogens is 803 g/mol. The number of amides is 1. The minimum atomic E-state index is -0.813. The molecule has 3 atom stereocenters. The monoisotopic (exact) mass is 906 g/mol. The number of unbranched alkanes of at least 4 members (excludes halogenated alkanes) is 27. The summed E-state index contributed by atoms with van der Waals surface area (Å²) in [5, 5.41) is 23.8. The smallest absolute Gasteiger partial charge is 0.306 e. The number of ether oxygens (including phenoxy) is 1. The van der Waals surface area contributed by atoms with Crippen LogP contribution in [0.4, 0.5) is 0 Å². The molecule has 3 unspecified atom stereocenters. The van der Waals surface area contributed by atoms with Crippen molar-refractivity contribution in [3.63, 3.8) is 0 Å². The number of carbonyl (C=O) groups excluding carboxylic acids is 2. The van der Waals surface area contributed by atoms with Gasteiger partial charge < -0.3 is 20.3 Å². The fraction of sp³-hybridized carbons (Fsp3) is 0.729. The van der Waals surface area contributed by atoms with Crippen LogP contribution in [0.25, 0.3) is 0 Å². The molecule has 0 spiro atoms. The Labute approximate surface area is 402 Å². The highest BCUT2D eigenvalue weighted by Gasteiger charge is 2.24. The molecule has 3 N–H and O–H groups in total. The molecule has 1 amide bonds. The van der Waals surface area contributed by atoms with Crippen LogP contribution in [0, 0.1) is 0 Å². The Hall–Kier alpha value is -2.96. The summed E-state index contributed by atoms with van der Waals surface area (Å²) >= 11 is 0. The highest BCUT2D eigenvalue weighted by Crippen LogP contribution is 2.17. The second-order valence-corrected chi connectivity index (χ2v) is 18.4. The molecule has 0 heterocycles. The van der Waals surface area contributed by atoms with Crippen LogP contribution >= 0.6 is 0 Å². The highest BCUT2D eigenvalue weighted by atomic mass is 16.5. The highest BCUT2D eigenvalue weighted by molar-refractivity contribution is 5.77. The minimum Gasteiger partial charge on any atom is -0.462 e. The van der Waals surface area contributed by atoms with E-state index in [1.165, 1.54) is 141 Å². The Bertz CT molecular complexity index is 1250. The first kappa shape index (κ1) is 62.0. The molecule has 0 radical (unpaired) electrons. The van der Waals surface area contributed by atoms with Crippen molar-refractivity contribution in [1.29, 1.82) is 0 Å². The van der Waals surface area contributed by atoms with Crippen molar-refractivity contribution in [2.24, 2.45) is 0 Å². The van der Waals surface area contributed by atoms with Gasteiger partial charge in [-0.3, -0.25) is 9.59 Å². The van der Waals surface area contributed by atoms with Crippen molar-refractivity contribution >= 4 is 11.9 Å². The number of aliphatic hydroxyl groups excluding tert-OH is 2. The molecule has 0 saturated carbocycles. The van der Waals surface area contributed by atoms with E-state index >= 15 is 0 Å². The summed E-state index contributed by atoms with van der Waals surface area (Å²) < 4.78 is 5.91. The summed E-state index contributed by atoms with van der Waals surface area (Å²) in [6, 6.07) is -0.731. The summed E-state index contributed by atoms with van der Waals surface area (Å²) in [7, 11) is 0. The van der Waals surface area contributed by atoms with E-state index in [0.717, 1.165) is 64.2 Å². The lowest BCUT2D eigenvalue weighted by atomic mass is 10.0. The number of hydrogen-bond donors (Lipinski definition) is 3. The van der Waals surface area contributed by atoms with Crippen LogP contribution in [-0.2, 0) is 14.3 Å². The molecule has 0 fully saturated rings. The van der Waals surface area contributed by atoms with Gasteiger partial charge in [-0.15, -0.1) is 0 Å². The summed E-state index contributed by atoms with van der Waals surface area (Å²) in [5.74, 6) is -0.559. The van der Waals surface area contributed by atoms with Gasteiger partial charge in [0.2, 0.25) is 5.91 Å². The van der Waals surface area contributed by atoms with Gasteiger partial charge in [-0.05, 0) is 64.2 Å². The lowest BCUT2D eigenvalue weighted by molar-refractivity contribution is -0.151. The standard InChI is InChI=1S/C59H103NO5/c1-4-7-10-13-16-19-22-25-27-28-29-31-34-37-40-43-46-49-52-59(64)65-55(50-47-44-41-38-35-33-30-26-23-20-17-14-11-8-5-2)53-58(63)60-56(54-61)57(62)51-48-45-42-39-36-32-24-21-18-15-12-9-6-3/h8,11,14,17,20,23,26,29-31,33,35,38,41,55-57,61-62H,4-7,9-10,12-13,15-16,18-19,21-22,24-25,27-28,32,34,36-37,39-40,42-54H2,1-3H3,(H,60,63)/b11-8-,17-14+,23-20+,30-26-,31-29+,35-33+,41-38+. The van der Waals surface area contributed by atoms with E-state index in [0.29, 0.717) is 19.3 Å². The second kappa shape index (κ2) is 52.0. The molecule has 0 aromatic carbocycles. The zero-order valence-corrected chi connectivity index (χ0v) is 42.6. The van der Waals surface area contributed by atoms with Crippen LogP contribution in [0.1, 0.15) is 252 Å². The third-order valence-electron chi connectivity index (χ3n) is 12.1. The van der Waals surface area contributed by atoms with Gasteiger partial charge in [0.05, 0.1) is 25.2 Å². The second-order valence-electron chi connectivity index (χ2n) is 18.4. The molecule has 0 saturated heterocycles. The first-order valence-corrected chi connectivity index (χ1v) is 27.4. The average molecular weight is 906 g/mol. The lowest BCUT2D eigenvalue weighted by Crippen LogP contribution is -2.46. The van der Waals surface area contributed by atoms with Crippen molar-refractivity contribution in [2.75, 3.05) is 6.61 Å². The van der Waals surface area contributed by atoms with Crippen LogP contribution in [0.5, 0.6) is 0 Å². The normalized spacial score (nSPS) is 13.9. The average Bonchev–Trinajstić information content (AvgIpc) is 3.30. The molecule has 374 valence electrons. The number of rotatable bonds is 48. The maximum absolute atomic E-state index is 13.2. The molecule has 6 heteroatoms. The van der Waals surface area contributed by atoms with Crippen LogP contribution in [0.2, 0.25) is 0 Å². The molecule has 0 aliphatic heterocycles. The predicted molar refractivity (Wildman–Crippen MR) is 282 cm³/mol. The molecule has 6 nitrogen and oxygen atoms in total. The molecule has 0 bridgehead atoms. The van der Waals surface area contributed by atoms with E-state index in [1.54, 1.807) is 0 Å². The largest absolute Gasteiger partial charge is 0.462 e. The Balaban J connectivity index is 4.70. The first-order chi connectivity index (χ1) is 32.0. The molecule has 0 aromatic heterocycles. The fourth-order valence-electron chi connectivity index (χ4n) is 7.99. The van der Waals surface area contributed by atoms with Crippen LogP contribution in [-0.4, -0.2) is 46.9 Å². The third kappa shape index (κ3) is 47.3. The molecule has 0 aliphatic rings. The number of nitrogens with one attached hydrogen (secondary N) is 1. The van der Waals surface area contributed by atoms with E-state index in [1.807, 2.05) is 60.8 Å². The number of esters is 1. The fourth-order valence-corrected chi connectivity index (χ4v) is 7.99. The van der Waals surface area contributed by atoms with Gasteiger partial charge in [0, 0.05) is 6.42 Å². The maximum atomic E-state index is 13.2. The van der Waals surface area contributed by atoms with E-state index in [9.17, 15) is 19.8 Å². The zero-order chi connectivity index (χ0) is 47.4. The number of aliphatic hydroxyl groups is 2. The quantitative estimate of drug-likeness (QED) is 0.0245. The van der Waals surface area contributed by atoms with E-state index in [-0.39, 0.29) is 24.9 Å². The van der Waals surface area contributed by atoms with E-state index in [2.05, 4.69) is 50.4 Å². The van der Waals surface area contributed by atoms with E-state index in [4.69, 9.17) is 4.74 Å².